The van der Waals surface area contributed by atoms with Crippen LogP contribution in [0.4, 0.5) is 5.69 Å². The quantitative estimate of drug-likeness (QED) is 0.789. The molecule has 6 nitrogen and oxygen atoms in total. The predicted molar refractivity (Wildman–Crippen MR) is 94.4 cm³/mol. The van der Waals surface area contributed by atoms with Gasteiger partial charge >= 0.3 is 0 Å². The Labute approximate surface area is 144 Å². The van der Waals surface area contributed by atoms with Gasteiger partial charge in [0.2, 0.25) is 5.65 Å². The summed E-state index contributed by atoms with van der Waals surface area (Å²) < 4.78 is 1.76. The number of thiophene rings is 1. The molecule has 1 unspecified atom stereocenters. The minimum Gasteiger partial charge on any atom is -0.387 e. The molecule has 1 N–H and O–H groups in total. The Kier molecular flexibility index (Phi) is 4.20. The lowest BCUT2D eigenvalue weighted by molar-refractivity contribution is 0.0962. The maximum atomic E-state index is 10.6. The molecule has 0 amide bonds. The molecule has 3 aromatic rings. The van der Waals surface area contributed by atoms with Crippen LogP contribution in [0.2, 0.25) is 0 Å². The molecule has 1 fully saturated rings. The van der Waals surface area contributed by atoms with Crippen molar-refractivity contribution in [3.8, 4) is 0 Å². The van der Waals surface area contributed by atoms with Crippen LogP contribution in [0.1, 0.15) is 36.4 Å². The molecule has 0 bridgehead atoms. The Hall–Kier alpha value is -1.99. The van der Waals surface area contributed by atoms with Gasteiger partial charge in [-0.1, -0.05) is 13.0 Å². The van der Waals surface area contributed by atoms with Crippen molar-refractivity contribution >= 4 is 22.7 Å². The standard InChI is InChI=1S/C17H21N5OS/c1-2-13-10-14(17-19-18-11-22(17)20-13)21-7-5-12(6-8-21)16(23)15-4-3-9-24-15/h3-4,9-12,16,23H,2,5-8H2,1H3. The number of nitrogens with zero attached hydrogens (tertiary/aromatic N) is 5. The molecule has 3 aromatic heterocycles. The third-order valence-electron chi connectivity index (χ3n) is 4.82. The molecular weight excluding hydrogens is 322 g/mol. The second-order valence-corrected chi connectivity index (χ2v) is 7.24. The molecule has 4 rings (SSSR count). The van der Waals surface area contributed by atoms with E-state index in [9.17, 15) is 5.11 Å². The smallest absolute Gasteiger partial charge is 0.200 e. The summed E-state index contributed by atoms with van der Waals surface area (Å²) in [5, 5.41) is 25.3. The van der Waals surface area contributed by atoms with Crippen molar-refractivity contribution in [2.75, 3.05) is 18.0 Å². The normalized spacial score (nSPS) is 17.5. The molecular formula is C17H21N5OS. The summed E-state index contributed by atoms with van der Waals surface area (Å²) in [5.74, 6) is 0.321. The summed E-state index contributed by atoms with van der Waals surface area (Å²) in [6, 6.07) is 6.15. The van der Waals surface area contributed by atoms with Crippen molar-refractivity contribution in [3.05, 3.63) is 40.5 Å². The first-order valence-electron chi connectivity index (χ1n) is 8.42. The second-order valence-electron chi connectivity index (χ2n) is 6.26. The van der Waals surface area contributed by atoms with Crippen molar-refractivity contribution in [3.63, 3.8) is 0 Å². The van der Waals surface area contributed by atoms with Crippen LogP contribution in [0.25, 0.3) is 5.65 Å². The van der Waals surface area contributed by atoms with Crippen LogP contribution < -0.4 is 4.90 Å². The summed E-state index contributed by atoms with van der Waals surface area (Å²) in [7, 11) is 0. The molecule has 7 heteroatoms. The highest BCUT2D eigenvalue weighted by atomic mass is 32.1. The van der Waals surface area contributed by atoms with Crippen LogP contribution in [-0.2, 0) is 6.42 Å². The van der Waals surface area contributed by atoms with Crippen LogP contribution in [-0.4, -0.2) is 38.0 Å². The van der Waals surface area contributed by atoms with Crippen molar-refractivity contribution in [2.45, 2.75) is 32.3 Å². The zero-order valence-corrected chi connectivity index (χ0v) is 14.5. The highest BCUT2D eigenvalue weighted by molar-refractivity contribution is 7.10. The molecule has 24 heavy (non-hydrogen) atoms. The van der Waals surface area contributed by atoms with Gasteiger partial charge in [0.05, 0.1) is 17.5 Å². The van der Waals surface area contributed by atoms with Gasteiger partial charge in [-0.25, -0.2) is 0 Å². The number of piperidine rings is 1. The Morgan fingerprint density at radius 1 is 1.38 bits per heavy atom. The van der Waals surface area contributed by atoms with E-state index < -0.39 is 0 Å². The van der Waals surface area contributed by atoms with E-state index in [4.69, 9.17) is 0 Å². The highest BCUT2D eigenvalue weighted by Crippen LogP contribution is 2.35. The number of aryl methyl sites for hydroxylation is 1. The summed E-state index contributed by atoms with van der Waals surface area (Å²) in [4.78, 5) is 3.42. The lowest BCUT2D eigenvalue weighted by Crippen LogP contribution is -2.36. The van der Waals surface area contributed by atoms with Gasteiger partial charge in [0.1, 0.15) is 6.33 Å². The number of fused-ring (bicyclic) bond motifs is 1. The van der Waals surface area contributed by atoms with Gasteiger partial charge in [0.15, 0.2) is 0 Å². The van der Waals surface area contributed by atoms with Crippen molar-refractivity contribution in [1.82, 2.24) is 19.8 Å². The largest absolute Gasteiger partial charge is 0.387 e. The molecule has 1 atom stereocenters. The lowest BCUT2D eigenvalue weighted by atomic mass is 9.90. The van der Waals surface area contributed by atoms with Crippen molar-refractivity contribution < 1.29 is 5.11 Å². The first-order valence-corrected chi connectivity index (χ1v) is 9.30. The van der Waals surface area contributed by atoms with Crippen LogP contribution in [0.3, 0.4) is 0 Å². The molecule has 0 spiro atoms. The maximum Gasteiger partial charge on any atom is 0.200 e. The SMILES string of the molecule is CCc1cc(N2CCC(C(O)c3cccs3)CC2)c2nncn2n1. The molecule has 1 aliphatic rings. The Balaban J connectivity index is 1.53. The monoisotopic (exact) mass is 343 g/mol. The average Bonchev–Trinajstić information content (AvgIpc) is 3.31. The summed E-state index contributed by atoms with van der Waals surface area (Å²) in [6.45, 7) is 3.94. The van der Waals surface area contributed by atoms with Crippen LogP contribution in [0, 0.1) is 5.92 Å². The molecule has 0 radical (unpaired) electrons. The lowest BCUT2D eigenvalue weighted by Gasteiger charge is -2.35. The van der Waals surface area contributed by atoms with Crippen LogP contribution in [0.15, 0.2) is 29.9 Å². The van der Waals surface area contributed by atoms with Gasteiger partial charge < -0.3 is 10.0 Å². The van der Waals surface area contributed by atoms with Gasteiger partial charge in [-0.15, -0.1) is 21.5 Å². The molecule has 1 aliphatic heterocycles. The van der Waals surface area contributed by atoms with Gasteiger partial charge in [-0.2, -0.15) is 9.61 Å². The van der Waals surface area contributed by atoms with Crippen molar-refractivity contribution in [1.29, 1.82) is 0 Å². The van der Waals surface area contributed by atoms with E-state index in [0.717, 1.165) is 54.3 Å². The van der Waals surface area contributed by atoms with E-state index >= 15 is 0 Å². The van der Waals surface area contributed by atoms with Gasteiger partial charge in [0, 0.05) is 18.0 Å². The third-order valence-corrected chi connectivity index (χ3v) is 5.77. The van der Waals surface area contributed by atoms with Gasteiger partial charge in [-0.05, 0) is 42.7 Å². The number of anilines is 1. The fraction of sp³-hybridized carbons (Fsp3) is 0.471. The fourth-order valence-corrected chi connectivity index (χ4v) is 4.22. The van der Waals surface area contributed by atoms with Crippen LogP contribution in [0.5, 0.6) is 0 Å². The Bertz CT molecular complexity index is 808. The first kappa shape index (κ1) is 15.5. The minimum atomic E-state index is -0.344. The Morgan fingerprint density at radius 2 is 2.21 bits per heavy atom. The number of aliphatic hydroxyl groups is 1. The van der Waals surface area contributed by atoms with E-state index in [1.807, 2.05) is 17.5 Å². The molecule has 0 saturated carbocycles. The number of hydrogen-bond acceptors (Lipinski definition) is 6. The van der Waals surface area contributed by atoms with E-state index in [2.05, 4.69) is 33.2 Å². The van der Waals surface area contributed by atoms with E-state index in [1.54, 1.807) is 22.2 Å². The maximum absolute atomic E-state index is 10.6. The zero-order chi connectivity index (χ0) is 16.5. The average molecular weight is 343 g/mol. The topological polar surface area (TPSA) is 66.5 Å². The summed E-state index contributed by atoms with van der Waals surface area (Å²) >= 11 is 1.64. The fourth-order valence-electron chi connectivity index (χ4n) is 3.41. The first-order chi connectivity index (χ1) is 11.8. The highest BCUT2D eigenvalue weighted by Gasteiger charge is 2.28. The van der Waals surface area contributed by atoms with Gasteiger partial charge in [-0.3, -0.25) is 0 Å². The van der Waals surface area contributed by atoms with E-state index in [-0.39, 0.29) is 6.10 Å². The Morgan fingerprint density at radius 3 is 2.92 bits per heavy atom. The predicted octanol–water partition coefficient (Wildman–Crippen LogP) is 2.70. The summed E-state index contributed by atoms with van der Waals surface area (Å²) in [5.41, 5.74) is 2.95. The molecule has 1 saturated heterocycles. The molecule has 0 aromatic carbocycles. The zero-order valence-electron chi connectivity index (χ0n) is 13.7. The van der Waals surface area contributed by atoms with E-state index in [0.29, 0.717) is 5.92 Å². The molecule has 126 valence electrons. The van der Waals surface area contributed by atoms with E-state index in [1.165, 1.54) is 0 Å². The summed E-state index contributed by atoms with van der Waals surface area (Å²) in [6.07, 6.45) is 4.15. The number of aliphatic hydroxyl groups excluding tert-OH is 1. The third kappa shape index (κ3) is 2.78. The van der Waals surface area contributed by atoms with Crippen molar-refractivity contribution in [2.24, 2.45) is 5.92 Å². The minimum absolute atomic E-state index is 0.321. The second kappa shape index (κ2) is 6.49. The molecule has 4 heterocycles. The number of aromatic nitrogens is 4. The number of hydrogen-bond donors (Lipinski definition) is 1. The van der Waals surface area contributed by atoms with Crippen LogP contribution >= 0.6 is 11.3 Å². The molecule has 0 aliphatic carbocycles. The van der Waals surface area contributed by atoms with Gasteiger partial charge in [0.25, 0.3) is 0 Å². The number of rotatable bonds is 4.